The average Bonchev–Trinajstić information content (AvgIpc) is 1.80. The highest BCUT2D eigenvalue weighted by Gasteiger charge is 2.32. The monoisotopic (exact) mass is 170 g/mol. The van der Waals surface area contributed by atoms with Gasteiger partial charge in [-0.3, -0.25) is 4.90 Å². The number of alkyl halides is 3. The lowest BCUT2D eigenvalue weighted by atomic mass is 10.5. The Balaban J connectivity index is 3.99. The van der Waals surface area contributed by atoms with Gasteiger partial charge in [-0.15, -0.1) is 0 Å². The predicted molar refractivity (Wildman–Crippen MR) is 29.4 cm³/mol. The number of carbonyl (C=O) groups is 1. The number of nitrogens with zero attached hydrogens (tertiary/aromatic N) is 1. The van der Waals surface area contributed by atoms with Crippen molar-refractivity contribution in [1.29, 1.82) is 0 Å². The second-order valence-electron chi connectivity index (χ2n) is 1.90. The molecule has 0 aliphatic heterocycles. The van der Waals surface area contributed by atoms with E-state index in [1.54, 1.807) is 0 Å². The summed E-state index contributed by atoms with van der Waals surface area (Å²) in [5.41, 5.74) is 0. The maximum atomic E-state index is 11.5. The molecule has 1 radical (unpaired) electrons. The van der Waals surface area contributed by atoms with Crippen LogP contribution in [0, 0.1) is 0 Å². The van der Waals surface area contributed by atoms with Gasteiger partial charge in [0.05, 0.1) is 0 Å². The lowest BCUT2D eigenvalue weighted by molar-refractivity contribution is -0.142. The first-order valence-electron chi connectivity index (χ1n) is 2.89. The second-order valence-corrected chi connectivity index (χ2v) is 1.90. The minimum absolute atomic E-state index is 0.181. The van der Waals surface area contributed by atoms with Crippen LogP contribution in [0.15, 0.2) is 0 Å². The molecule has 3 nitrogen and oxygen atoms in total. The topological polar surface area (TPSA) is 40.2 Å². The molecule has 0 unspecified atom stereocenters. The van der Waals surface area contributed by atoms with E-state index in [4.69, 9.17) is 0 Å². The van der Waals surface area contributed by atoms with Crippen LogP contribution in [-0.4, -0.2) is 30.3 Å². The van der Waals surface area contributed by atoms with E-state index in [2.05, 4.69) is 0 Å². The van der Waals surface area contributed by atoms with E-state index in [1.807, 2.05) is 0 Å². The summed E-state index contributed by atoms with van der Waals surface area (Å²) in [6, 6.07) is 0. The van der Waals surface area contributed by atoms with Gasteiger partial charge in [-0.25, -0.2) is 9.90 Å². The van der Waals surface area contributed by atoms with E-state index in [-0.39, 0.29) is 11.4 Å². The van der Waals surface area contributed by atoms with E-state index in [0.29, 0.717) is 0 Å². The van der Waals surface area contributed by atoms with Gasteiger partial charge in [0.25, 0.3) is 0 Å². The summed E-state index contributed by atoms with van der Waals surface area (Å²) in [5.74, 6) is 0. The average molecular weight is 170 g/mol. The van der Waals surface area contributed by atoms with E-state index in [1.165, 1.54) is 6.92 Å². The molecular formula is C5H7F3NO2. The predicted octanol–water partition coefficient (Wildman–Crippen LogP) is 1.42. The van der Waals surface area contributed by atoms with Crippen molar-refractivity contribution in [2.24, 2.45) is 0 Å². The zero-order valence-electron chi connectivity index (χ0n) is 5.81. The Kier molecular flexibility index (Phi) is 3.16. The Morgan fingerprint density at radius 3 is 2.00 bits per heavy atom. The fourth-order valence-electron chi connectivity index (χ4n) is 0.522. The molecule has 0 aromatic carbocycles. The Morgan fingerprint density at radius 2 is 1.91 bits per heavy atom. The minimum Gasteiger partial charge on any atom is -0.296 e. The van der Waals surface area contributed by atoms with Crippen LogP contribution in [0.25, 0.3) is 0 Å². The number of hydrogen-bond donors (Lipinski definition) is 0. The third kappa shape index (κ3) is 4.46. The van der Waals surface area contributed by atoms with Gasteiger partial charge in [0.15, 0.2) is 0 Å². The molecule has 0 spiro atoms. The van der Waals surface area contributed by atoms with Crippen LogP contribution in [0.3, 0.4) is 0 Å². The molecule has 0 aromatic heterocycles. The quantitative estimate of drug-likeness (QED) is 0.617. The smallest absolute Gasteiger partial charge is 0.296 e. The third-order valence-corrected chi connectivity index (χ3v) is 1.01. The number of hydrogen-bond acceptors (Lipinski definition) is 1. The Bertz CT molecular complexity index is 145. The molecule has 0 N–H and O–H groups in total. The molecule has 11 heavy (non-hydrogen) atoms. The SMILES string of the molecule is CCN(CC(F)(F)F)C([O])=O. The number of halogens is 3. The second kappa shape index (κ2) is 3.45. The summed E-state index contributed by atoms with van der Waals surface area (Å²) in [6.07, 6.45) is -6.29. The van der Waals surface area contributed by atoms with Gasteiger partial charge in [-0.2, -0.15) is 13.2 Å². The largest absolute Gasteiger partial charge is 0.453 e. The molecule has 6 heteroatoms. The first kappa shape index (κ1) is 10.1. The molecule has 0 rings (SSSR count). The van der Waals surface area contributed by atoms with Crippen LogP contribution in [0.1, 0.15) is 6.92 Å². The highest BCUT2D eigenvalue weighted by molar-refractivity contribution is 5.64. The lowest BCUT2D eigenvalue weighted by Gasteiger charge is -2.16. The van der Waals surface area contributed by atoms with Crippen molar-refractivity contribution in [3.63, 3.8) is 0 Å². The van der Waals surface area contributed by atoms with Crippen LogP contribution in [0.4, 0.5) is 18.0 Å². The van der Waals surface area contributed by atoms with Crippen molar-refractivity contribution in [3.05, 3.63) is 0 Å². The molecule has 0 bridgehead atoms. The fraction of sp³-hybridized carbons (Fsp3) is 0.800. The van der Waals surface area contributed by atoms with Gasteiger partial charge in [0.2, 0.25) is 0 Å². The highest BCUT2D eigenvalue weighted by atomic mass is 19.4. The van der Waals surface area contributed by atoms with Crippen molar-refractivity contribution >= 4 is 6.09 Å². The van der Waals surface area contributed by atoms with Crippen molar-refractivity contribution in [1.82, 2.24) is 4.90 Å². The molecule has 0 atom stereocenters. The Morgan fingerprint density at radius 1 is 1.45 bits per heavy atom. The van der Waals surface area contributed by atoms with Gasteiger partial charge in [0, 0.05) is 6.54 Å². The summed E-state index contributed by atoms with van der Waals surface area (Å²) >= 11 is 0. The van der Waals surface area contributed by atoms with Crippen molar-refractivity contribution in [2.75, 3.05) is 13.1 Å². The lowest BCUT2D eigenvalue weighted by Crippen LogP contribution is -2.37. The number of rotatable bonds is 2. The summed E-state index contributed by atoms with van der Waals surface area (Å²) in [4.78, 5) is 10.1. The van der Waals surface area contributed by atoms with Crippen LogP contribution in [0.2, 0.25) is 0 Å². The molecule has 0 fully saturated rings. The Hall–Kier alpha value is -0.940. The van der Waals surface area contributed by atoms with Gasteiger partial charge in [-0.1, -0.05) is 0 Å². The summed E-state index contributed by atoms with van der Waals surface area (Å²) < 4.78 is 34.6. The van der Waals surface area contributed by atoms with Crippen molar-refractivity contribution in [3.8, 4) is 0 Å². The Labute approximate surface area is 61.4 Å². The van der Waals surface area contributed by atoms with Gasteiger partial charge >= 0.3 is 12.3 Å². The molecule has 0 aliphatic carbocycles. The molecule has 65 valence electrons. The summed E-state index contributed by atoms with van der Waals surface area (Å²) in [5, 5.41) is 9.92. The van der Waals surface area contributed by atoms with Crippen LogP contribution >= 0.6 is 0 Å². The zero-order valence-corrected chi connectivity index (χ0v) is 5.81. The van der Waals surface area contributed by atoms with Crippen molar-refractivity contribution < 1.29 is 23.1 Å². The maximum Gasteiger partial charge on any atom is 0.453 e. The third-order valence-electron chi connectivity index (χ3n) is 1.01. The van der Waals surface area contributed by atoms with Crippen LogP contribution < -0.4 is 0 Å². The number of carbonyl (C=O) groups excluding carboxylic acids is 1. The van der Waals surface area contributed by atoms with Gasteiger partial charge in [-0.05, 0) is 6.92 Å². The van der Waals surface area contributed by atoms with Crippen molar-refractivity contribution in [2.45, 2.75) is 13.1 Å². The van der Waals surface area contributed by atoms with Crippen LogP contribution in [-0.2, 0) is 5.11 Å². The van der Waals surface area contributed by atoms with Gasteiger partial charge in [0.1, 0.15) is 6.54 Å². The van der Waals surface area contributed by atoms with Gasteiger partial charge < -0.3 is 0 Å². The normalized spacial score (nSPS) is 11.3. The first-order valence-corrected chi connectivity index (χ1v) is 2.89. The molecule has 0 heterocycles. The molecule has 0 saturated heterocycles. The fourth-order valence-corrected chi connectivity index (χ4v) is 0.522. The molecule has 0 aromatic rings. The van der Waals surface area contributed by atoms with E-state index < -0.39 is 18.8 Å². The molecule has 1 amide bonds. The van der Waals surface area contributed by atoms with Crippen LogP contribution in [0.5, 0.6) is 0 Å². The summed E-state index contributed by atoms with van der Waals surface area (Å²) in [6.45, 7) is -0.380. The molecule has 0 aliphatic rings. The highest BCUT2D eigenvalue weighted by Crippen LogP contribution is 2.16. The maximum absolute atomic E-state index is 11.5. The first-order chi connectivity index (χ1) is 4.87. The zero-order chi connectivity index (χ0) is 9.07. The molecule has 0 saturated carbocycles. The molecular weight excluding hydrogens is 163 g/mol. The summed E-state index contributed by atoms with van der Waals surface area (Å²) in [7, 11) is 0. The van der Waals surface area contributed by atoms with E-state index in [9.17, 15) is 23.1 Å². The minimum atomic E-state index is -4.49. The van der Waals surface area contributed by atoms with E-state index in [0.717, 1.165) is 0 Å². The number of amides is 1. The standard InChI is InChI=1S/C5H7F3NO2/c1-2-9(4(10)11)3-5(6,7)8/h2-3H2,1H3. The van der Waals surface area contributed by atoms with E-state index >= 15 is 0 Å².